The molecule has 1 aliphatic carbocycles. The monoisotopic (exact) mass is 254 g/mol. The number of hydrogen-bond acceptors (Lipinski definition) is 4. The molecule has 0 aromatic heterocycles. The summed E-state index contributed by atoms with van der Waals surface area (Å²) in [5.74, 6) is 0. The first-order valence-corrected chi connectivity index (χ1v) is 6.92. The van der Waals surface area contributed by atoms with Gasteiger partial charge in [-0.1, -0.05) is 0 Å². The lowest BCUT2D eigenvalue weighted by Crippen LogP contribution is -2.33. The van der Waals surface area contributed by atoms with Crippen molar-refractivity contribution in [3.8, 4) is 6.07 Å². The predicted octanol–water partition coefficient (Wildman–Crippen LogP) is 2.37. The fourth-order valence-corrected chi connectivity index (χ4v) is 2.37. The second-order valence-electron chi connectivity index (χ2n) is 5.50. The van der Waals surface area contributed by atoms with Crippen molar-refractivity contribution in [2.75, 3.05) is 13.7 Å². The summed E-state index contributed by atoms with van der Waals surface area (Å²) in [6, 6.07) is 2.12. The van der Waals surface area contributed by atoms with Gasteiger partial charge < -0.3 is 15.2 Å². The number of nitriles is 1. The summed E-state index contributed by atoms with van der Waals surface area (Å²) in [5.41, 5.74) is 5.07. The molecule has 3 unspecified atom stereocenters. The summed E-state index contributed by atoms with van der Waals surface area (Å²) in [4.78, 5) is 0. The summed E-state index contributed by atoms with van der Waals surface area (Å²) < 4.78 is 11.2. The number of unbranched alkanes of at least 4 members (excludes halogenated alkanes) is 1. The molecule has 3 atom stereocenters. The Hall–Kier alpha value is -0.630. The van der Waals surface area contributed by atoms with Crippen molar-refractivity contribution in [2.45, 2.75) is 69.6 Å². The molecule has 4 nitrogen and oxygen atoms in total. The topological polar surface area (TPSA) is 68.3 Å². The van der Waals surface area contributed by atoms with E-state index in [1.54, 1.807) is 14.0 Å². The maximum Gasteiger partial charge on any atom is 0.101 e. The Morgan fingerprint density at radius 3 is 2.72 bits per heavy atom. The molecule has 0 radical (unpaired) electrons. The van der Waals surface area contributed by atoms with E-state index in [1.165, 1.54) is 6.42 Å². The fourth-order valence-electron chi connectivity index (χ4n) is 2.37. The van der Waals surface area contributed by atoms with Crippen LogP contribution in [-0.4, -0.2) is 31.5 Å². The SMILES string of the molecule is COC1CCCC(OCCCCC(C)(N)C#N)C1. The van der Waals surface area contributed by atoms with Crippen LogP contribution in [0.3, 0.4) is 0 Å². The molecule has 2 N–H and O–H groups in total. The maximum atomic E-state index is 8.79. The highest BCUT2D eigenvalue weighted by Gasteiger charge is 2.22. The Labute approximate surface area is 110 Å². The molecule has 0 spiro atoms. The van der Waals surface area contributed by atoms with Crippen molar-refractivity contribution in [2.24, 2.45) is 5.73 Å². The van der Waals surface area contributed by atoms with E-state index in [4.69, 9.17) is 20.5 Å². The minimum Gasteiger partial charge on any atom is -0.381 e. The minimum atomic E-state index is -0.689. The third-order valence-corrected chi connectivity index (χ3v) is 3.61. The lowest BCUT2D eigenvalue weighted by atomic mass is 9.95. The number of methoxy groups -OCH3 is 1. The molecule has 18 heavy (non-hydrogen) atoms. The van der Waals surface area contributed by atoms with Crippen LogP contribution in [0.15, 0.2) is 0 Å². The molecule has 1 fully saturated rings. The molecule has 1 saturated carbocycles. The van der Waals surface area contributed by atoms with E-state index in [1.807, 2.05) is 0 Å². The van der Waals surface area contributed by atoms with E-state index in [9.17, 15) is 0 Å². The number of hydrogen-bond donors (Lipinski definition) is 1. The second-order valence-corrected chi connectivity index (χ2v) is 5.50. The van der Waals surface area contributed by atoms with Gasteiger partial charge in [0.1, 0.15) is 5.54 Å². The van der Waals surface area contributed by atoms with Gasteiger partial charge in [0.05, 0.1) is 18.3 Å². The molecule has 0 heterocycles. The zero-order chi connectivity index (χ0) is 13.4. The lowest BCUT2D eigenvalue weighted by molar-refractivity contribution is -0.0304. The molecule has 0 amide bonds. The smallest absolute Gasteiger partial charge is 0.101 e. The van der Waals surface area contributed by atoms with Crippen molar-refractivity contribution in [1.82, 2.24) is 0 Å². The van der Waals surface area contributed by atoms with Crippen molar-refractivity contribution in [3.05, 3.63) is 0 Å². The molecular formula is C14H26N2O2. The molecular weight excluding hydrogens is 228 g/mol. The van der Waals surface area contributed by atoms with Gasteiger partial charge in [-0.25, -0.2) is 0 Å². The van der Waals surface area contributed by atoms with Gasteiger partial charge in [0.25, 0.3) is 0 Å². The highest BCUT2D eigenvalue weighted by molar-refractivity contribution is 5.00. The molecule has 0 saturated heterocycles. The molecule has 1 aliphatic rings. The van der Waals surface area contributed by atoms with Crippen molar-refractivity contribution >= 4 is 0 Å². The molecule has 4 heteroatoms. The van der Waals surface area contributed by atoms with Crippen molar-refractivity contribution < 1.29 is 9.47 Å². The average Bonchev–Trinajstić information content (AvgIpc) is 2.38. The van der Waals surface area contributed by atoms with E-state index >= 15 is 0 Å². The standard InChI is InChI=1S/C14H26N2O2/c1-14(16,11-15)8-3-4-9-18-13-7-5-6-12(10-13)17-2/h12-13H,3-10,16H2,1-2H3. The van der Waals surface area contributed by atoms with Gasteiger partial charge in [0.15, 0.2) is 0 Å². The summed E-state index contributed by atoms with van der Waals surface area (Å²) in [5, 5.41) is 8.79. The van der Waals surface area contributed by atoms with Gasteiger partial charge in [-0.05, 0) is 51.9 Å². The van der Waals surface area contributed by atoms with Crippen LogP contribution in [0, 0.1) is 11.3 Å². The third kappa shape index (κ3) is 5.81. The zero-order valence-electron chi connectivity index (χ0n) is 11.7. The normalized spacial score (nSPS) is 27.4. The van der Waals surface area contributed by atoms with Gasteiger partial charge in [0, 0.05) is 13.7 Å². The van der Waals surface area contributed by atoms with E-state index in [0.29, 0.717) is 12.2 Å². The first kappa shape index (κ1) is 15.4. The number of nitrogens with two attached hydrogens (primary N) is 1. The highest BCUT2D eigenvalue weighted by Crippen LogP contribution is 2.23. The third-order valence-electron chi connectivity index (χ3n) is 3.61. The Morgan fingerprint density at radius 1 is 1.33 bits per heavy atom. The fraction of sp³-hybridized carbons (Fsp3) is 0.929. The predicted molar refractivity (Wildman–Crippen MR) is 71.1 cm³/mol. The first-order chi connectivity index (χ1) is 8.57. The quantitative estimate of drug-likeness (QED) is 0.708. The number of nitrogens with zero attached hydrogens (tertiary/aromatic N) is 1. The van der Waals surface area contributed by atoms with Crippen LogP contribution in [0.1, 0.15) is 51.9 Å². The van der Waals surface area contributed by atoms with Gasteiger partial charge in [-0.15, -0.1) is 0 Å². The second kappa shape index (κ2) is 7.73. The largest absolute Gasteiger partial charge is 0.381 e. The first-order valence-electron chi connectivity index (χ1n) is 6.92. The van der Waals surface area contributed by atoms with Crippen LogP contribution in [0.2, 0.25) is 0 Å². The maximum absolute atomic E-state index is 8.79. The van der Waals surface area contributed by atoms with E-state index in [-0.39, 0.29) is 0 Å². The summed E-state index contributed by atoms with van der Waals surface area (Å²) >= 11 is 0. The molecule has 0 aliphatic heterocycles. The van der Waals surface area contributed by atoms with Crippen LogP contribution < -0.4 is 5.73 Å². The van der Waals surface area contributed by atoms with Crippen LogP contribution in [0.5, 0.6) is 0 Å². The molecule has 1 rings (SSSR count). The molecule has 0 bridgehead atoms. The van der Waals surface area contributed by atoms with Crippen LogP contribution in [-0.2, 0) is 9.47 Å². The Kier molecular flexibility index (Phi) is 6.62. The van der Waals surface area contributed by atoms with Crippen LogP contribution in [0.25, 0.3) is 0 Å². The Bertz CT molecular complexity index is 273. The Morgan fingerprint density at radius 2 is 2.06 bits per heavy atom. The van der Waals surface area contributed by atoms with Crippen molar-refractivity contribution in [3.63, 3.8) is 0 Å². The Balaban J connectivity index is 2.06. The van der Waals surface area contributed by atoms with E-state index in [0.717, 1.165) is 45.1 Å². The summed E-state index contributed by atoms with van der Waals surface area (Å²) in [7, 11) is 1.77. The minimum absolute atomic E-state index is 0.351. The van der Waals surface area contributed by atoms with E-state index in [2.05, 4.69) is 6.07 Å². The van der Waals surface area contributed by atoms with Gasteiger partial charge >= 0.3 is 0 Å². The van der Waals surface area contributed by atoms with Crippen molar-refractivity contribution in [1.29, 1.82) is 5.26 Å². The molecule has 0 aromatic rings. The van der Waals surface area contributed by atoms with Crippen LogP contribution in [0.4, 0.5) is 0 Å². The van der Waals surface area contributed by atoms with Gasteiger partial charge in [0.2, 0.25) is 0 Å². The van der Waals surface area contributed by atoms with Crippen LogP contribution >= 0.6 is 0 Å². The van der Waals surface area contributed by atoms with Gasteiger partial charge in [-0.3, -0.25) is 0 Å². The summed E-state index contributed by atoms with van der Waals surface area (Å²) in [6.07, 6.45) is 7.89. The van der Waals surface area contributed by atoms with E-state index < -0.39 is 5.54 Å². The number of rotatable bonds is 7. The number of ether oxygens (including phenoxy) is 2. The molecule has 104 valence electrons. The lowest BCUT2D eigenvalue weighted by Gasteiger charge is -2.28. The zero-order valence-corrected chi connectivity index (χ0v) is 11.7. The highest BCUT2D eigenvalue weighted by atomic mass is 16.5. The van der Waals surface area contributed by atoms with Gasteiger partial charge in [-0.2, -0.15) is 5.26 Å². The average molecular weight is 254 g/mol. The molecule has 0 aromatic carbocycles. The summed E-state index contributed by atoms with van der Waals surface area (Å²) in [6.45, 7) is 2.54.